The first-order valence-electron chi connectivity index (χ1n) is 6.71. The van der Waals surface area contributed by atoms with Crippen LogP contribution in [0.5, 0.6) is 0 Å². The highest BCUT2D eigenvalue weighted by atomic mass is 16.3. The number of fused-ring (bicyclic) bond motifs is 1. The molecule has 2 aromatic heterocycles. The van der Waals surface area contributed by atoms with Crippen molar-refractivity contribution in [2.45, 2.75) is 26.8 Å². The van der Waals surface area contributed by atoms with Gasteiger partial charge in [-0.15, -0.1) is 0 Å². The topological polar surface area (TPSA) is 51.0 Å². The summed E-state index contributed by atoms with van der Waals surface area (Å²) in [6.07, 6.45) is 3.55. The molecule has 0 atom stereocenters. The van der Waals surface area contributed by atoms with Crippen LogP contribution >= 0.6 is 0 Å². The predicted octanol–water partition coefficient (Wildman–Crippen LogP) is 4.02. The monoisotopic (exact) mass is 267 g/mol. The zero-order chi connectivity index (χ0) is 14.1. The van der Waals surface area contributed by atoms with E-state index < -0.39 is 0 Å². The molecule has 0 aliphatic heterocycles. The third-order valence-electron chi connectivity index (χ3n) is 3.04. The van der Waals surface area contributed by atoms with Crippen LogP contribution in [0.4, 0.5) is 5.69 Å². The van der Waals surface area contributed by atoms with Gasteiger partial charge in [0, 0.05) is 12.2 Å². The fourth-order valence-corrected chi connectivity index (χ4v) is 2.16. The Morgan fingerprint density at radius 2 is 2.05 bits per heavy atom. The van der Waals surface area contributed by atoms with E-state index >= 15 is 0 Å². The zero-order valence-corrected chi connectivity index (χ0v) is 11.8. The van der Waals surface area contributed by atoms with E-state index in [1.54, 1.807) is 12.4 Å². The van der Waals surface area contributed by atoms with Gasteiger partial charge in [0.15, 0.2) is 5.58 Å². The predicted molar refractivity (Wildman–Crippen MR) is 80.7 cm³/mol. The van der Waals surface area contributed by atoms with E-state index in [0.717, 1.165) is 22.4 Å². The van der Waals surface area contributed by atoms with Gasteiger partial charge in [-0.1, -0.05) is 6.07 Å². The number of aromatic nitrogens is 2. The van der Waals surface area contributed by atoms with E-state index in [-0.39, 0.29) is 0 Å². The smallest absolute Gasteiger partial charge is 0.229 e. The molecular weight excluding hydrogens is 250 g/mol. The third kappa shape index (κ3) is 2.37. The van der Waals surface area contributed by atoms with Crippen LogP contribution < -0.4 is 5.32 Å². The van der Waals surface area contributed by atoms with Crippen LogP contribution in [0.3, 0.4) is 0 Å². The SMILES string of the molecule is Cc1ccc2oc(-c3ccncc3NC(C)C)nc2c1. The molecule has 0 bridgehead atoms. The number of anilines is 1. The Kier molecular flexibility index (Phi) is 3.14. The molecule has 0 unspecified atom stereocenters. The Labute approximate surface area is 117 Å². The van der Waals surface area contributed by atoms with E-state index in [0.29, 0.717) is 11.9 Å². The van der Waals surface area contributed by atoms with E-state index in [2.05, 4.69) is 29.1 Å². The van der Waals surface area contributed by atoms with Gasteiger partial charge >= 0.3 is 0 Å². The average molecular weight is 267 g/mol. The maximum atomic E-state index is 5.85. The van der Waals surface area contributed by atoms with E-state index in [1.165, 1.54) is 5.56 Å². The van der Waals surface area contributed by atoms with Gasteiger partial charge in [0.2, 0.25) is 5.89 Å². The van der Waals surface area contributed by atoms with Crippen molar-refractivity contribution in [1.82, 2.24) is 9.97 Å². The first kappa shape index (κ1) is 12.7. The second kappa shape index (κ2) is 4.96. The number of nitrogens with zero attached hydrogens (tertiary/aromatic N) is 2. The standard InChI is InChI=1S/C16H17N3O/c1-10(2)18-14-9-17-7-6-12(14)16-19-13-8-11(3)4-5-15(13)20-16/h4-10,18H,1-3H3. The number of benzene rings is 1. The molecular formula is C16H17N3O. The van der Waals surface area contributed by atoms with Crippen LogP contribution in [0.1, 0.15) is 19.4 Å². The van der Waals surface area contributed by atoms with Crippen molar-refractivity contribution in [1.29, 1.82) is 0 Å². The first-order chi connectivity index (χ1) is 9.63. The summed E-state index contributed by atoms with van der Waals surface area (Å²) < 4.78 is 5.85. The second-order valence-corrected chi connectivity index (χ2v) is 5.21. The fraction of sp³-hybridized carbons (Fsp3) is 0.250. The van der Waals surface area contributed by atoms with Crippen molar-refractivity contribution in [3.8, 4) is 11.5 Å². The molecule has 1 N–H and O–H groups in total. The number of pyridine rings is 1. The van der Waals surface area contributed by atoms with Gasteiger partial charge in [-0.25, -0.2) is 4.98 Å². The molecule has 0 saturated carbocycles. The average Bonchev–Trinajstić information content (AvgIpc) is 2.81. The number of rotatable bonds is 3. The Hall–Kier alpha value is -2.36. The van der Waals surface area contributed by atoms with Crippen molar-refractivity contribution in [2.24, 2.45) is 0 Å². The molecule has 3 aromatic rings. The van der Waals surface area contributed by atoms with Crippen LogP contribution in [0.2, 0.25) is 0 Å². The minimum absolute atomic E-state index is 0.324. The molecule has 0 aliphatic carbocycles. The van der Waals surface area contributed by atoms with Crippen LogP contribution in [-0.4, -0.2) is 16.0 Å². The zero-order valence-electron chi connectivity index (χ0n) is 11.8. The van der Waals surface area contributed by atoms with Crippen molar-refractivity contribution in [3.63, 3.8) is 0 Å². The summed E-state index contributed by atoms with van der Waals surface area (Å²) in [5, 5.41) is 3.37. The Morgan fingerprint density at radius 1 is 1.20 bits per heavy atom. The molecule has 0 saturated heterocycles. The molecule has 0 fully saturated rings. The van der Waals surface area contributed by atoms with Crippen LogP contribution in [0, 0.1) is 6.92 Å². The van der Waals surface area contributed by atoms with Gasteiger partial charge in [0.25, 0.3) is 0 Å². The summed E-state index contributed by atoms with van der Waals surface area (Å²) in [7, 11) is 0. The molecule has 4 nitrogen and oxygen atoms in total. The molecule has 0 spiro atoms. The minimum atomic E-state index is 0.324. The highest BCUT2D eigenvalue weighted by molar-refractivity contribution is 5.80. The molecule has 20 heavy (non-hydrogen) atoms. The highest BCUT2D eigenvalue weighted by Gasteiger charge is 2.13. The second-order valence-electron chi connectivity index (χ2n) is 5.21. The summed E-state index contributed by atoms with van der Waals surface area (Å²) in [5.74, 6) is 0.621. The highest BCUT2D eigenvalue weighted by Crippen LogP contribution is 2.30. The van der Waals surface area contributed by atoms with Gasteiger partial charge < -0.3 is 9.73 Å². The Balaban J connectivity index is 2.10. The first-order valence-corrected chi connectivity index (χ1v) is 6.71. The van der Waals surface area contributed by atoms with Gasteiger partial charge in [-0.05, 0) is 44.5 Å². The largest absolute Gasteiger partial charge is 0.436 e. The molecule has 1 aromatic carbocycles. The summed E-state index contributed by atoms with van der Waals surface area (Å²) >= 11 is 0. The molecule has 102 valence electrons. The van der Waals surface area contributed by atoms with Gasteiger partial charge in [-0.3, -0.25) is 4.98 Å². The molecule has 0 aliphatic rings. The number of oxazole rings is 1. The van der Waals surface area contributed by atoms with Crippen molar-refractivity contribution in [2.75, 3.05) is 5.32 Å². The summed E-state index contributed by atoms with van der Waals surface area (Å²) in [5.41, 5.74) is 4.73. The number of nitrogens with one attached hydrogen (secondary N) is 1. The van der Waals surface area contributed by atoms with Crippen LogP contribution in [0.25, 0.3) is 22.6 Å². The summed E-state index contributed by atoms with van der Waals surface area (Å²) in [6, 6.07) is 8.25. The van der Waals surface area contributed by atoms with Gasteiger partial charge in [0.1, 0.15) is 5.52 Å². The van der Waals surface area contributed by atoms with Crippen molar-refractivity contribution < 1.29 is 4.42 Å². The molecule has 2 heterocycles. The van der Waals surface area contributed by atoms with E-state index in [9.17, 15) is 0 Å². The Bertz CT molecular complexity index is 746. The van der Waals surface area contributed by atoms with Gasteiger partial charge in [-0.2, -0.15) is 0 Å². The third-order valence-corrected chi connectivity index (χ3v) is 3.04. The van der Waals surface area contributed by atoms with Crippen LogP contribution in [0.15, 0.2) is 41.1 Å². The van der Waals surface area contributed by atoms with Crippen LogP contribution in [-0.2, 0) is 0 Å². The quantitative estimate of drug-likeness (QED) is 0.778. The maximum Gasteiger partial charge on any atom is 0.229 e. The molecule has 3 rings (SSSR count). The Morgan fingerprint density at radius 3 is 2.85 bits per heavy atom. The molecule has 0 radical (unpaired) electrons. The number of hydrogen-bond acceptors (Lipinski definition) is 4. The van der Waals surface area contributed by atoms with Crippen molar-refractivity contribution in [3.05, 3.63) is 42.2 Å². The number of aryl methyl sites for hydroxylation is 1. The summed E-state index contributed by atoms with van der Waals surface area (Å²) in [4.78, 5) is 8.74. The summed E-state index contributed by atoms with van der Waals surface area (Å²) in [6.45, 7) is 6.23. The lowest BCUT2D eigenvalue weighted by Gasteiger charge is -2.11. The lowest BCUT2D eigenvalue weighted by atomic mass is 10.2. The lowest BCUT2D eigenvalue weighted by Crippen LogP contribution is -2.10. The number of hydrogen-bond donors (Lipinski definition) is 1. The van der Waals surface area contributed by atoms with Crippen molar-refractivity contribution >= 4 is 16.8 Å². The van der Waals surface area contributed by atoms with E-state index in [1.807, 2.05) is 31.2 Å². The normalized spacial score (nSPS) is 11.2. The van der Waals surface area contributed by atoms with Gasteiger partial charge in [0.05, 0.1) is 17.4 Å². The maximum absolute atomic E-state index is 5.85. The van der Waals surface area contributed by atoms with E-state index in [4.69, 9.17) is 4.42 Å². The lowest BCUT2D eigenvalue weighted by molar-refractivity contribution is 0.619. The minimum Gasteiger partial charge on any atom is -0.436 e. The molecule has 0 amide bonds. The fourth-order valence-electron chi connectivity index (χ4n) is 2.16. The molecule has 4 heteroatoms.